The summed E-state index contributed by atoms with van der Waals surface area (Å²) >= 11 is 0. The van der Waals surface area contributed by atoms with Crippen LogP contribution in [0.4, 0.5) is 0 Å². The zero-order valence-corrected chi connectivity index (χ0v) is 19.6. The Morgan fingerprint density at radius 3 is 2.56 bits per heavy atom. The largest absolute Gasteiger partial charge is 0.496 e. The van der Waals surface area contributed by atoms with Crippen molar-refractivity contribution in [3.8, 4) is 5.75 Å². The summed E-state index contributed by atoms with van der Waals surface area (Å²) in [5, 5.41) is 0. The van der Waals surface area contributed by atoms with Crippen LogP contribution in [0.15, 0.2) is 95.1 Å². The van der Waals surface area contributed by atoms with Crippen molar-refractivity contribution in [2.75, 3.05) is 7.11 Å². The van der Waals surface area contributed by atoms with Crippen molar-refractivity contribution in [2.24, 2.45) is 15.9 Å². The average Bonchev–Trinajstić information content (AvgIpc) is 2.84. The molecule has 1 aliphatic carbocycles. The maximum Gasteiger partial charge on any atom is 0.159 e. The van der Waals surface area contributed by atoms with E-state index in [-0.39, 0.29) is 5.92 Å². The molecule has 1 aliphatic rings. The van der Waals surface area contributed by atoms with Gasteiger partial charge in [0.25, 0.3) is 0 Å². The van der Waals surface area contributed by atoms with Gasteiger partial charge in [-0.05, 0) is 43.9 Å². The quantitative estimate of drug-likeness (QED) is 0.235. The van der Waals surface area contributed by atoms with Crippen LogP contribution in [0.1, 0.15) is 56.2 Å². The molecule has 32 heavy (non-hydrogen) atoms. The summed E-state index contributed by atoms with van der Waals surface area (Å²) in [6.45, 7) is 8.48. The third-order valence-electron chi connectivity index (χ3n) is 5.69. The average molecular weight is 427 g/mol. The van der Waals surface area contributed by atoms with Gasteiger partial charge in [0.05, 0.1) is 12.8 Å². The second-order valence-corrected chi connectivity index (χ2v) is 8.14. The molecular weight excluding hydrogens is 392 g/mol. The van der Waals surface area contributed by atoms with E-state index in [0.717, 1.165) is 41.1 Å². The Morgan fingerprint density at radius 2 is 1.88 bits per heavy atom. The van der Waals surface area contributed by atoms with Crippen molar-refractivity contribution < 1.29 is 4.74 Å². The second-order valence-electron chi connectivity index (χ2n) is 8.14. The van der Waals surface area contributed by atoms with Crippen molar-refractivity contribution >= 4 is 11.5 Å². The summed E-state index contributed by atoms with van der Waals surface area (Å²) in [5.74, 6) is 1.73. The lowest BCUT2D eigenvalue weighted by Gasteiger charge is -2.14. The van der Waals surface area contributed by atoms with Gasteiger partial charge in [0.15, 0.2) is 5.84 Å². The number of aliphatic imine (C=N–C) groups is 2. The van der Waals surface area contributed by atoms with E-state index in [4.69, 9.17) is 14.7 Å². The number of nitrogens with zero attached hydrogens (tertiary/aromatic N) is 2. The monoisotopic (exact) mass is 426 g/mol. The third kappa shape index (κ3) is 6.40. The van der Waals surface area contributed by atoms with Crippen LogP contribution >= 0.6 is 0 Å². The number of unbranched alkanes of at least 4 members (excludes halogenated alkanes) is 2. The van der Waals surface area contributed by atoms with Crippen molar-refractivity contribution in [3.05, 3.63) is 102 Å². The number of methoxy groups -OCH3 is 1. The summed E-state index contributed by atoms with van der Waals surface area (Å²) < 4.78 is 5.72. The van der Waals surface area contributed by atoms with Crippen molar-refractivity contribution in [1.82, 2.24) is 0 Å². The Kier molecular flexibility index (Phi) is 8.79. The van der Waals surface area contributed by atoms with Crippen LogP contribution < -0.4 is 4.74 Å². The minimum absolute atomic E-state index is 0.200. The first kappa shape index (κ1) is 23.5. The van der Waals surface area contributed by atoms with E-state index in [9.17, 15) is 0 Å². The minimum atomic E-state index is 0.200. The molecule has 2 aromatic rings. The number of ether oxygens (including phenoxy) is 1. The van der Waals surface area contributed by atoms with Crippen molar-refractivity contribution in [2.45, 2.75) is 46.0 Å². The number of benzene rings is 2. The van der Waals surface area contributed by atoms with Gasteiger partial charge in [-0.2, -0.15) is 0 Å². The molecule has 0 saturated carbocycles. The number of hydrogen-bond donors (Lipinski definition) is 0. The zero-order valence-electron chi connectivity index (χ0n) is 19.6. The van der Waals surface area contributed by atoms with E-state index in [2.05, 4.69) is 56.0 Å². The Labute approximate surface area is 193 Å². The van der Waals surface area contributed by atoms with E-state index in [1.165, 1.54) is 24.8 Å². The summed E-state index contributed by atoms with van der Waals surface area (Å²) in [4.78, 5) is 9.82. The number of hydrogen-bond acceptors (Lipinski definition) is 2. The first-order valence-corrected chi connectivity index (χ1v) is 11.5. The Morgan fingerprint density at radius 1 is 1.06 bits per heavy atom. The molecule has 0 aromatic heterocycles. The van der Waals surface area contributed by atoms with E-state index in [1.807, 2.05) is 37.3 Å². The van der Waals surface area contributed by atoms with Gasteiger partial charge in [-0.25, -0.2) is 9.98 Å². The molecular formula is C29H34N2O. The van der Waals surface area contributed by atoms with Gasteiger partial charge in [-0.15, -0.1) is 0 Å². The fourth-order valence-corrected chi connectivity index (χ4v) is 3.78. The van der Waals surface area contributed by atoms with Crippen LogP contribution in [0.25, 0.3) is 0 Å². The molecule has 3 nitrogen and oxygen atoms in total. The van der Waals surface area contributed by atoms with Crippen LogP contribution in [0.3, 0.4) is 0 Å². The number of rotatable bonds is 9. The molecule has 2 aromatic carbocycles. The molecule has 1 unspecified atom stereocenters. The molecule has 0 spiro atoms. The Balaban J connectivity index is 1.93. The fourth-order valence-electron chi connectivity index (χ4n) is 3.78. The molecule has 0 bridgehead atoms. The van der Waals surface area contributed by atoms with E-state index in [0.29, 0.717) is 5.84 Å². The highest BCUT2D eigenvalue weighted by Gasteiger charge is 2.13. The summed E-state index contributed by atoms with van der Waals surface area (Å²) in [6, 6.07) is 16.5. The molecule has 3 heteroatoms. The number of amidine groups is 1. The lowest BCUT2D eigenvalue weighted by atomic mass is 9.98. The highest BCUT2D eigenvalue weighted by molar-refractivity contribution is 6.12. The number of allylic oxidation sites excluding steroid dienone is 4. The van der Waals surface area contributed by atoms with E-state index >= 15 is 0 Å². The highest BCUT2D eigenvalue weighted by atomic mass is 16.5. The molecule has 166 valence electrons. The Bertz CT molecular complexity index is 1030. The molecule has 0 amide bonds. The molecule has 0 N–H and O–H groups in total. The zero-order chi connectivity index (χ0) is 22.8. The normalized spacial score (nSPS) is 16.3. The van der Waals surface area contributed by atoms with Crippen molar-refractivity contribution in [1.29, 1.82) is 0 Å². The van der Waals surface area contributed by atoms with Crippen LogP contribution in [-0.4, -0.2) is 18.7 Å². The molecule has 3 rings (SSSR count). The van der Waals surface area contributed by atoms with Gasteiger partial charge in [0, 0.05) is 22.7 Å². The van der Waals surface area contributed by atoms with Gasteiger partial charge >= 0.3 is 0 Å². The van der Waals surface area contributed by atoms with Crippen molar-refractivity contribution in [3.63, 3.8) is 0 Å². The predicted octanol–water partition coefficient (Wildman–Crippen LogP) is 7.33. The van der Waals surface area contributed by atoms with Gasteiger partial charge in [0.2, 0.25) is 0 Å². The third-order valence-corrected chi connectivity index (χ3v) is 5.69. The maximum absolute atomic E-state index is 5.72. The van der Waals surface area contributed by atoms with Crippen LogP contribution in [-0.2, 0) is 6.42 Å². The Hall–Kier alpha value is -3.20. The van der Waals surface area contributed by atoms with Crippen LogP contribution in [0.5, 0.6) is 5.75 Å². The minimum Gasteiger partial charge on any atom is -0.496 e. The van der Waals surface area contributed by atoms with Gasteiger partial charge < -0.3 is 4.74 Å². The predicted molar refractivity (Wildman–Crippen MR) is 137 cm³/mol. The SMILES string of the molecule is C=C(N=C(N=C(C)c1ccc(CCCCC)cc1OC)c1ccccc1)C1C=CC=CC1. The molecule has 0 heterocycles. The first-order chi connectivity index (χ1) is 15.6. The summed E-state index contributed by atoms with van der Waals surface area (Å²) in [7, 11) is 1.72. The lowest BCUT2D eigenvalue weighted by molar-refractivity contribution is 0.413. The maximum atomic E-state index is 5.72. The van der Waals surface area contributed by atoms with Crippen LogP contribution in [0, 0.1) is 5.92 Å². The number of aryl methyl sites for hydroxylation is 1. The van der Waals surface area contributed by atoms with Crippen LogP contribution in [0.2, 0.25) is 0 Å². The van der Waals surface area contributed by atoms with Gasteiger partial charge in [-0.1, -0.05) is 87.0 Å². The van der Waals surface area contributed by atoms with E-state index in [1.54, 1.807) is 7.11 Å². The smallest absolute Gasteiger partial charge is 0.159 e. The lowest BCUT2D eigenvalue weighted by Crippen LogP contribution is -2.08. The van der Waals surface area contributed by atoms with Gasteiger partial charge in [-0.3, -0.25) is 0 Å². The summed E-state index contributed by atoms with van der Waals surface area (Å²) in [6.07, 6.45) is 14.1. The van der Waals surface area contributed by atoms with Gasteiger partial charge in [0.1, 0.15) is 5.75 Å². The second kappa shape index (κ2) is 12.0. The molecule has 0 saturated heterocycles. The molecule has 1 atom stereocenters. The standard InChI is InChI=1S/C29H34N2O/c1-5-6-9-14-24-19-20-27(28(21-24)32-4)23(3)31-29(26-17-12-8-13-18-26)30-22(2)25-15-10-7-11-16-25/h7-8,10-13,15,17-21,25H,2,5-6,9,14,16H2,1,3-4H3. The highest BCUT2D eigenvalue weighted by Crippen LogP contribution is 2.24. The first-order valence-electron chi connectivity index (χ1n) is 11.5. The molecule has 0 fully saturated rings. The fraction of sp³-hybridized carbons (Fsp3) is 0.310. The molecule has 0 aliphatic heterocycles. The summed E-state index contributed by atoms with van der Waals surface area (Å²) in [5.41, 5.74) is 4.95. The van der Waals surface area contributed by atoms with E-state index < -0.39 is 0 Å². The molecule has 0 radical (unpaired) electrons. The topological polar surface area (TPSA) is 34.0 Å².